The van der Waals surface area contributed by atoms with Gasteiger partial charge in [0.15, 0.2) is 5.78 Å². The van der Waals surface area contributed by atoms with Gasteiger partial charge in [-0.2, -0.15) is 0 Å². The summed E-state index contributed by atoms with van der Waals surface area (Å²) in [5.41, 5.74) is -0.513. The Morgan fingerprint density at radius 2 is 1.68 bits per heavy atom. The second-order valence-corrected chi connectivity index (χ2v) is 8.55. The fourth-order valence-corrected chi connectivity index (χ4v) is 2.83. The molecule has 1 aromatic rings. The minimum absolute atomic E-state index is 0.0955. The van der Waals surface area contributed by atoms with Crippen LogP contribution in [0.2, 0.25) is 5.02 Å². The molecule has 0 aliphatic heterocycles. The third-order valence-corrected chi connectivity index (χ3v) is 4.58. The molecule has 9 nitrogen and oxygen atoms in total. The number of hydrogen-bond donors (Lipinski definition) is 3. The van der Waals surface area contributed by atoms with Gasteiger partial charge in [-0.05, 0) is 39.8 Å². The number of hydrogen-bond acceptors (Lipinski definition) is 6. The van der Waals surface area contributed by atoms with E-state index in [1.165, 1.54) is 19.1 Å². The number of Topliss-reactive ketones (excluding diaryl/α,β-unsaturated/α-hetero) is 1. The molecule has 3 N–H and O–H groups in total. The summed E-state index contributed by atoms with van der Waals surface area (Å²) in [5, 5.41) is 7.11. The van der Waals surface area contributed by atoms with E-state index in [4.69, 9.17) is 16.3 Å². The van der Waals surface area contributed by atoms with Gasteiger partial charge in [-0.25, -0.2) is 0 Å². The number of ketones is 1. The van der Waals surface area contributed by atoms with Crippen molar-refractivity contribution in [1.29, 1.82) is 0 Å². The Kier molecular flexibility index (Phi) is 10.1. The SMILES string of the molecule is C[C@H](NC(=O)C(=O)Nc1ccccc1Cl)C(=O)N[C@@H](CC(=O)OC(C)(C)C)C(=O)CBr. The first-order valence-corrected chi connectivity index (χ1v) is 10.8. The molecule has 0 bridgehead atoms. The van der Waals surface area contributed by atoms with Crippen molar-refractivity contribution in [2.24, 2.45) is 0 Å². The van der Waals surface area contributed by atoms with Crippen LogP contribution in [0, 0.1) is 0 Å². The third kappa shape index (κ3) is 9.48. The van der Waals surface area contributed by atoms with Crippen LogP contribution in [0.5, 0.6) is 0 Å². The fourth-order valence-electron chi connectivity index (χ4n) is 2.25. The Hall–Kier alpha value is -2.46. The molecular weight excluding hydrogens is 494 g/mol. The van der Waals surface area contributed by atoms with Crippen molar-refractivity contribution in [2.75, 3.05) is 10.6 Å². The first kappa shape index (κ1) is 26.6. The number of esters is 1. The van der Waals surface area contributed by atoms with E-state index in [1.54, 1.807) is 32.9 Å². The highest BCUT2D eigenvalue weighted by Crippen LogP contribution is 2.20. The lowest BCUT2D eigenvalue weighted by molar-refractivity contribution is -0.156. The summed E-state index contributed by atoms with van der Waals surface area (Å²) in [7, 11) is 0. The Morgan fingerprint density at radius 3 is 2.23 bits per heavy atom. The van der Waals surface area contributed by atoms with Crippen LogP contribution in [0.4, 0.5) is 5.69 Å². The van der Waals surface area contributed by atoms with Crippen LogP contribution in [0.15, 0.2) is 24.3 Å². The molecule has 3 amide bonds. The summed E-state index contributed by atoms with van der Waals surface area (Å²) in [6.45, 7) is 6.36. The van der Waals surface area contributed by atoms with Crippen LogP contribution in [0.3, 0.4) is 0 Å². The van der Waals surface area contributed by atoms with E-state index in [2.05, 4.69) is 31.9 Å². The van der Waals surface area contributed by atoms with E-state index < -0.39 is 47.2 Å². The predicted octanol–water partition coefficient (Wildman–Crippen LogP) is 1.96. The first-order valence-electron chi connectivity index (χ1n) is 9.31. The zero-order valence-corrected chi connectivity index (χ0v) is 19.9. The third-order valence-electron chi connectivity index (χ3n) is 3.70. The van der Waals surface area contributed by atoms with E-state index in [0.29, 0.717) is 0 Å². The minimum Gasteiger partial charge on any atom is -0.460 e. The minimum atomic E-state index is -1.16. The lowest BCUT2D eigenvalue weighted by Gasteiger charge is -2.23. The molecule has 0 radical (unpaired) electrons. The quantitative estimate of drug-likeness (QED) is 0.274. The molecule has 0 saturated heterocycles. The molecule has 1 aromatic carbocycles. The summed E-state index contributed by atoms with van der Waals surface area (Å²) >= 11 is 8.93. The summed E-state index contributed by atoms with van der Waals surface area (Å²) < 4.78 is 5.18. The predicted molar refractivity (Wildman–Crippen MR) is 119 cm³/mol. The molecule has 0 unspecified atom stereocenters. The van der Waals surface area contributed by atoms with Crippen molar-refractivity contribution in [3.05, 3.63) is 29.3 Å². The summed E-state index contributed by atoms with van der Waals surface area (Å²) in [4.78, 5) is 60.7. The second-order valence-electron chi connectivity index (χ2n) is 7.58. The van der Waals surface area contributed by atoms with Crippen LogP contribution in [0.1, 0.15) is 34.1 Å². The average molecular weight is 519 g/mol. The highest BCUT2D eigenvalue weighted by atomic mass is 79.9. The van der Waals surface area contributed by atoms with Crippen LogP contribution < -0.4 is 16.0 Å². The molecule has 2 atom stereocenters. The number of anilines is 1. The molecular formula is C20H25BrClN3O6. The smallest absolute Gasteiger partial charge is 0.313 e. The van der Waals surface area contributed by atoms with E-state index in [9.17, 15) is 24.0 Å². The maximum absolute atomic E-state index is 12.4. The van der Waals surface area contributed by atoms with Crippen molar-refractivity contribution in [2.45, 2.75) is 51.8 Å². The van der Waals surface area contributed by atoms with Gasteiger partial charge in [-0.3, -0.25) is 24.0 Å². The normalized spacial score (nSPS) is 12.8. The van der Waals surface area contributed by atoms with Gasteiger partial charge in [-0.15, -0.1) is 0 Å². The van der Waals surface area contributed by atoms with E-state index in [-0.39, 0.29) is 22.5 Å². The number of nitrogens with one attached hydrogen (secondary N) is 3. The number of para-hydroxylation sites is 1. The molecule has 0 spiro atoms. The summed E-state index contributed by atoms with van der Waals surface area (Å²) in [6.07, 6.45) is -0.374. The van der Waals surface area contributed by atoms with Gasteiger partial charge >= 0.3 is 17.8 Å². The summed E-state index contributed by atoms with van der Waals surface area (Å²) in [5.74, 6) is -3.95. The maximum Gasteiger partial charge on any atom is 0.313 e. The highest BCUT2D eigenvalue weighted by Gasteiger charge is 2.29. The molecule has 0 heterocycles. The number of alkyl halides is 1. The monoisotopic (exact) mass is 517 g/mol. The van der Waals surface area contributed by atoms with Crippen molar-refractivity contribution in [3.8, 4) is 0 Å². The number of amides is 3. The Balaban J connectivity index is 2.70. The number of carbonyl (C=O) groups excluding carboxylic acids is 5. The number of halogens is 2. The highest BCUT2D eigenvalue weighted by molar-refractivity contribution is 9.09. The van der Waals surface area contributed by atoms with Crippen LogP contribution in [-0.2, 0) is 28.7 Å². The van der Waals surface area contributed by atoms with Gasteiger partial charge in [0.05, 0.1) is 28.5 Å². The molecule has 0 fully saturated rings. The fraction of sp³-hybridized carbons (Fsp3) is 0.450. The molecule has 1 rings (SSSR count). The molecule has 0 aromatic heterocycles. The number of benzene rings is 1. The van der Waals surface area contributed by atoms with Crippen molar-refractivity contribution < 1.29 is 28.7 Å². The van der Waals surface area contributed by atoms with Crippen molar-refractivity contribution in [3.63, 3.8) is 0 Å². The van der Waals surface area contributed by atoms with Crippen LogP contribution >= 0.6 is 27.5 Å². The van der Waals surface area contributed by atoms with Crippen LogP contribution in [-0.4, -0.2) is 52.5 Å². The molecule has 0 saturated carbocycles. The largest absolute Gasteiger partial charge is 0.460 e. The summed E-state index contributed by atoms with van der Waals surface area (Å²) in [6, 6.07) is 4.02. The van der Waals surface area contributed by atoms with E-state index >= 15 is 0 Å². The molecule has 0 aliphatic carbocycles. The number of ether oxygens (including phenoxy) is 1. The maximum atomic E-state index is 12.4. The van der Waals surface area contributed by atoms with Gasteiger partial charge in [0.2, 0.25) is 5.91 Å². The van der Waals surface area contributed by atoms with E-state index in [0.717, 1.165) is 0 Å². The van der Waals surface area contributed by atoms with Gasteiger partial charge in [-0.1, -0.05) is 39.7 Å². The Morgan fingerprint density at radius 1 is 1.06 bits per heavy atom. The zero-order valence-electron chi connectivity index (χ0n) is 17.6. The molecule has 31 heavy (non-hydrogen) atoms. The van der Waals surface area contributed by atoms with Crippen LogP contribution in [0.25, 0.3) is 0 Å². The number of rotatable bonds is 8. The van der Waals surface area contributed by atoms with Gasteiger partial charge in [0.25, 0.3) is 0 Å². The van der Waals surface area contributed by atoms with Crippen molar-refractivity contribution in [1.82, 2.24) is 10.6 Å². The Bertz CT molecular complexity index is 856. The van der Waals surface area contributed by atoms with Gasteiger partial charge in [0, 0.05) is 0 Å². The molecule has 11 heteroatoms. The van der Waals surface area contributed by atoms with E-state index in [1.807, 2.05) is 0 Å². The van der Waals surface area contributed by atoms with Gasteiger partial charge in [0.1, 0.15) is 11.6 Å². The Labute approximate surface area is 193 Å². The molecule has 0 aliphatic rings. The average Bonchev–Trinajstić information content (AvgIpc) is 2.66. The zero-order chi connectivity index (χ0) is 23.8. The standard InChI is InChI=1S/C20H25BrClN3O6/c1-11(23-18(29)19(30)24-13-8-6-5-7-12(13)22)17(28)25-14(15(26)10-21)9-16(27)31-20(2,3)4/h5-8,11,14H,9-10H2,1-4H3,(H,23,29)(H,24,30)(H,25,28)/t11-,14-/m0/s1. The van der Waals surface area contributed by atoms with Crippen molar-refractivity contribution >= 4 is 62.7 Å². The van der Waals surface area contributed by atoms with Gasteiger partial charge < -0.3 is 20.7 Å². The molecule has 170 valence electrons. The topological polar surface area (TPSA) is 131 Å². The second kappa shape index (κ2) is 11.8. The number of carbonyl (C=O) groups is 5. The first-order chi connectivity index (χ1) is 14.3. The lowest BCUT2D eigenvalue weighted by Crippen LogP contribution is -2.53. The lowest BCUT2D eigenvalue weighted by atomic mass is 10.1.